The second-order valence-corrected chi connectivity index (χ2v) is 9.00. The van der Waals surface area contributed by atoms with E-state index in [0.29, 0.717) is 23.8 Å². The highest BCUT2D eigenvalue weighted by molar-refractivity contribution is 5.91. The van der Waals surface area contributed by atoms with Crippen molar-refractivity contribution in [2.75, 3.05) is 17.6 Å². The van der Waals surface area contributed by atoms with Crippen molar-refractivity contribution in [2.45, 2.75) is 52.6 Å². The molecule has 0 amide bonds. The largest absolute Gasteiger partial charge is 0.433 e. The second-order valence-electron chi connectivity index (χ2n) is 9.00. The van der Waals surface area contributed by atoms with Crippen LogP contribution in [0.1, 0.15) is 63.6 Å². The fourth-order valence-electron chi connectivity index (χ4n) is 2.95. The highest BCUT2D eigenvalue weighted by Crippen LogP contribution is 2.35. The van der Waals surface area contributed by atoms with Crippen LogP contribution >= 0.6 is 0 Å². The second kappa shape index (κ2) is 9.54. The number of alkyl halides is 3. The van der Waals surface area contributed by atoms with E-state index in [1.165, 1.54) is 12.1 Å². The summed E-state index contributed by atoms with van der Waals surface area (Å²) >= 11 is 0. The Morgan fingerprint density at radius 3 is 2.48 bits per heavy atom. The third-order valence-corrected chi connectivity index (χ3v) is 4.73. The molecule has 31 heavy (non-hydrogen) atoms. The number of nitrogens with one attached hydrogen (secondary N) is 1. The van der Waals surface area contributed by atoms with Crippen LogP contribution in [0.4, 0.5) is 24.5 Å². The molecular formula is C24H31F3N4. The Balaban J connectivity index is 2.39. The Kier molecular flexibility index (Phi) is 7.52. The fraction of sp³-hybridized carbons (Fsp3) is 0.417. The van der Waals surface area contributed by atoms with E-state index in [4.69, 9.17) is 5.73 Å². The molecule has 0 saturated heterocycles. The lowest BCUT2D eigenvalue weighted by molar-refractivity contribution is -0.141. The van der Waals surface area contributed by atoms with Crippen LogP contribution in [0.2, 0.25) is 0 Å². The van der Waals surface area contributed by atoms with Gasteiger partial charge in [-0.05, 0) is 47.6 Å². The van der Waals surface area contributed by atoms with Crippen molar-refractivity contribution >= 4 is 23.3 Å². The van der Waals surface area contributed by atoms with Gasteiger partial charge in [0.1, 0.15) is 5.69 Å². The minimum Gasteiger partial charge on any atom is -0.398 e. The normalized spacial score (nSPS) is 12.5. The summed E-state index contributed by atoms with van der Waals surface area (Å²) in [5.74, 6) is 0.554. The number of rotatable bonds is 7. The first-order valence-electron chi connectivity index (χ1n) is 10.2. The topological polar surface area (TPSA) is 63.3 Å². The number of aromatic nitrogens is 1. The van der Waals surface area contributed by atoms with E-state index in [1.807, 2.05) is 32.9 Å². The minimum absolute atomic E-state index is 0.124. The number of pyridine rings is 1. The number of benzene rings is 1. The van der Waals surface area contributed by atoms with Crippen LogP contribution in [0.15, 0.2) is 41.9 Å². The molecule has 1 heterocycles. The fourth-order valence-corrected chi connectivity index (χ4v) is 2.95. The smallest absolute Gasteiger partial charge is 0.398 e. The average molecular weight is 433 g/mol. The average Bonchev–Trinajstić information content (AvgIpc) is 2.65. The van der Waals surface area contributed by atoms with Gasteiger partial charge in [0.15, 0.2) is 0 Å². The first kappa shape index (κ1) is 24.4. The van der Waals surface area contributed by atoms with Crippen molar-refractivity contribution in [3.05, 3.63) is 59.4 Å². The van der Waals surface area contributed by atoms with Crippen LogP contribution in [-0.2, 0) is 11.6 Å². The van der Waals surface area contributed by atoms with E-state index < -0.39 is 11.9 Å². The van der Waals surface area contributed by atoms with Crippen LogP contribution in [0.25, 0.3) is 5.70 Å². The molecule has 0 spiro atoms. The van der Waals surface area contributed by atoms with E-state index in [0.717, 1.165) is 23.6 Å². The molecule has 1 aromatic heterocycles. The molecule has 2 aromatic rings. The van der Waals surface area contributed by atoms with Gasteiger partial charge in [-0.2, -0.15) is 13.2 Å². The summed E-state index contributed by atoms with van der Waals surface area (Å²) in [5, 5.41) is 3.15. The van der Waals surface area contributed by atoms with Gasteiger partial charge in [-0.3, -0.25) is 4.99 Å². The summed E-state index contributed by atoms with van der Waals surface area (Å²) in [6.45, 7) is 15.0. The zero-order valence-electron chi connectivity index (χ0n) is 18.8. The molecular weight excluding hydrogens is 401 g/mol. The quantitative estimate of drug-likeness (QED) is 0.386. The Morgan fingerprint density at radius 2 is 1.90 bits per heavy atom. The third kappa shape index (κ3) is 6.84. The molecule has 0 fully saturated rings. The number of nitrogens with zero attached hydrogens (tertiary/aromatic N) is 2. The summed E-state index contributed by atoms with van der Waals surface area (Å²) in [7, 11) is 0. The van der Waals surface area contributed by atoms with Gasteiger partial charge in [0.2, 0.25) is 0 Å². The maximum Gasteiger partial charge on any atom is 0.433 e. The highest BCUT2D eigenvalue weighted by atomic mass is 19.4. The number of nitrogens with two attached hydrogens (primary N) is 1. The van der Waals surface area contributed by atoms with Gasteiger partial charge in [0.25, 0.3) is 0 Å². The van der Waals surface area contributed by atoms with Crippen molar-refractivity contribution in [3.8, 4) is 0 Å². The monoisotopic (exact) mass is 432 g/mol. The molecule has 4 nitrogen and oxygen atoms in total. The van der Waals surface area contributed by atoms with E-state index in [-0.39, 0.29) is 16.8 Å². The number of nitrogen functional groups attached to an aromatic ring is 1. The zero-order chi connectivity index (χ0) is 23.4. The number of aliphatic imine (C=N–C) groups is 1. The molecule has 7 heteroatoms. The van der Waals surface area contributed by atoms with Crippen molar-refractivity contribution in [2.24, 2.45) is 10.9 Å². The summed E-state index contributed by atoms with van der Waals surface area (Å²) in [6, 6.07) is 7.48. The molecule has 0 aliphatic rings. The van der Waals surface area contributed by atoms with Crippen LogP contribution in [0, 0.1) is 5.92 Å². The maximum atomic E-state index is 13.0. The van der Waals surface area contributed by atoms with Crippen molar-refractivity contribution in [3.63, 3.8) is 0 Å². The van der Waals surface area contributed by atoms with Gasteiger partial charge in [-0.25, -0.2) is 4.98 Å². The molecule has 0 radical (unpaired) electrons. The van der Waals surface area contributed by atoms with Gasteiger partial charge >= 0.3 is 6.18 Å². The first-order chi connectivity index (χ1) is 14.3. The first-order valence-corrected chi connectivity index (χ1v) is 10.2. The van der Waals surface area contributed by atoms with Crippen LogP contribution in [0.3, 0.4) is 0 Å². The van der Waals surface area contributed by atoms with Crippen LogP contribution in [-0.4, -0.2) is 17.7 Å². The van der Waals surface area contributed by atoms with Crippen molar-refractivity contribution < 1.29 is 13.2 Å². The minimum atomic E-state index is -4.52. The summed E-state index contributed by atoms with van der Waals surface area (Å²) in [4.78, 5) is 8.17. The molecule has 0 unspecified atom stereocenters. The molecule has 0 bridgehead atoms. The SMILES string of the molecule is C=C(Nc1cc(C=NCCC(C)C)c(N)cc1C(C)(C)C)c1cccc(C(F)(F)F)n1. The van der Waals surface area contributed by atoms with Crippen LogP contribution < -0.4 is 11.1 Å². The summed E-state index contributed by atoms with van der Waals surface area (Å²) in [6.07, 6.45) is -1.81. The molecule has 0 aliphatic heterocycles. The van der Waals surface area contributed by atoms with Crippen molar-refractivity contribution in [1.29, 1.82) is 0 Å². The zero-order valence-corrected chi connectivity index (χ0v) is 18.8. The Morgan fingerprint density at radius 1 is 1.23 bits per heavy atom. The lowest BCUT2D eigenvalue weighted by Gasteiger charge is -2.25. The van der Waals surface area contributed by atoms with E-state index in [2.05, 4.69) is 35.7 Å². The molecule has 168 valence electrons. The Labute approximate surface area is 182 Å². The van der Waals surface area contributed by atoms with E-state index in [1.54, 1.807) is 6.21 Å². The number of hydrogen-bond donors (Lipinski definition) is 2. The third-order valence-electron chi connectivity index (χ3n) is 4.73. The predicted octanol–water partition coefficient (Wildman–Crippen LogP) is 6.53. The van der Waals surface area contributed by atoms with E-state index >= 15 is 0 Å². The van der Waals surface area contributed by atoms with Crippen LogP contribution in [0.5, 0.6) is 0 Å². The van der Waals surface area contributed by atoms with Gasteiger partial charge in [0.05, 0.1) is 11.4 Å². The molecule has 3 N–H and O–H groups in total. The Bertz CT molecular complexity index is 954. The number of hydrogen-bond acceptors (Lipinski definition) is 4. The summed E-state index contributed by atoms with van der Waals surface area (Å²) < 4.78 is 39.1. The van der Waals surface area contributed by atoms with Gasteiger partial charge in [0, 0.05) is 29.7 Å². The van der Waals surface area contributed by atoms with Crippen molar-refractivity contribution in [1.82, 2.24) is 4.98 Å². The molecule has 1 aromatic carbocycles. The van der Waals surface area contributed by atoms with E-state index in [9.17, 15) is 13.2 Å². The molecule has 0 aliphatic carbocycles. The predicted molar refractivity (Wildman–Crippen MR) is 123 cm³/mol. The van der Waals surface area contributed by atoms with Gasteiger partial charge < -0.3 is 11.1 Å². The van der Waals surface area contributed by atoms with Gasteiger partial charge in [-0.15, -0.1) is 0 Å². The number of halogens is 3. The van der Waals surface area contributed by atoms with Gasteiger partial charge in [-0.1, -0.05) is 47.3 Å². The molecule has 2 rings (SSSR count). The summed E-state index contributed by atoms with van der Waals surface area (Å²) in [5.41, 5.74) is 8.38. The lowest BCUT2D eigenvalue weighted by atomic mass is 9.84. The standard InChI is InChI=1S/C24H31F3N4/c1-15(2)10-11-29-14-17-12-21(18(13-19(17)28)23(4,5)6)30-16(3)20-8-7-9-22(31-20)24(25,26)27/h7-9,12-15,30H,3,10-11,28H2,1-2,4-6H3. The maximum absolute atomic E-state index is 13.0. The number of anilines is 2. The highest BCUT2D eigenvalue weighted by Gasteiger charge is 2.32. The lowest BCUT2D eigenvalue weighted by Crippen LogP contribution is -2.16. The Hall–Kier alpha value is -2.83. The molecule has 0 atom stereocenters. The molecule has 0 saturated carbocycles.